The van der Waals surface area contributed by atoms with Gasteiger partial charge in [0.15, 0.2) is 0 Å². The van der Waals surface area contributed by atoms with Crippen molar-refractivity contribution in [2.45, 2.75) is 52.9 Å². The van der Waals surface area contributed by atoms with E-state index >= 15 is 0 Å². The standard InChI is InChI=1S/C19H28N4O2/c1-4-5-6-11-20-16(24)10-7-12-21-19(25)17-15(3)22-18-14(2)9-8-13-23(17)18/h8-9,13H,4-7,10-12H2,1-3H3,(H,20,24)(H,21,25). The van der Waals surface area contributed by atoms with Gasteiger partial charge in [0.2, 0.25) is 5.91 Å². The van der Waals surface area contributed by atoms with Crippen molar-refractivity contribution in [2.75, 3.05) is 13.1 Å². The van der Waals surface area contributed by atoms with Gasteiger partial charge in [-0.1, -0.05) is 25.8 Å². The fraction of sp³-hybridized carbons (Fsp3) is 0.526. The Morgan fingerprint density at radius 2 is 1.88 bits per heavy atom. The van der Waals surface area contributed by atoms with Gasteiger partial charge in [0.05, 0.1) is 5.69 Å². The van der Waals surface area contributed by atoms with E-state index in [2.05, 4.69) is 22.5 Å². The highest BCUT2D eigenvalue weighted by atomic mass is 16.2. The Balaban J connectivity index is 1.81. The van der Waals surface area contributed by atoms with Crippen molar-refractivity contribution in [3.8, 4) is 0 Å². The Morgan fingerprint density at radius 1 is 1.12 bits per heavy atom. The summed E-state index contributed by atoms with van der Waals surface area (Å²) in [5.74, 6) is -0.106. The summed E-state index contributed by atoms with van der Waals surface area (Å²) in [7, 11) is 0. The Morgan fingerprint density at radius 3 is 2.64 bits per heavy atom. The molecule has 0 aliphatic heterocycles. The van der Waals surface area contributed by atoms with Gasteiger partial charge in [0, 0.05) is 25.7 Å². The van der Waals surface area contributed by atoms with Crippen LogP contribution in [0.2, 0.25) is 0 Å². The molecule has 0 aliphatic carbocycles. The molecule has 0 atom stereocenters. The van der Waals surface area contributed by atoms with Crippen LogP contribution >= 0.6 is 0 Å². The second-order valence-electron chi connectivity index (χ2n) is 6.35. The number of nitrogens with one attached hydrogen (secondary N) is 2. The molecule has 25 heavy (non-hydrogen) atoms. The molecule has 0 aliphatic rings. The second-order valence-corrected chi connectivity index (χ2v) is 6.35. The molecular formula is C19H28N4O2. The fourth-order valence-corrected chi connectivity index (χ4v) is 2.82. The number of aromatic nitrogens is 2. The maximum atomic E-state index is 12.5. The molecular weight excluding hydrogens is 316 g/mol. The number of pyridine rings is 1. The highest BCUT2D eigenvalue weighted by Gasteiger charge is 2.16. The summed E-state index contributed by atoms with van der Waals surface area (Å²) in [5, 5.41) is 5.80. The fourth-order valence-electron chi connectivity index (χ4n) is 2.82. The average Bonchev–Trinajstić information content (AvgIpc) is 2.93. The van der Waals surface area contributed by atoms with E-state index in [1.54, 1.807) is 0 Å². The molecule has 2 heterocycles. The zero-order valence-corrected chi connectivity index (χ0v) is 15.4. The number of nitrogens with zero attached hydrogens (tertiary/aromatic N) is 2. The SMILES string of the molecule is CCCCCNC(=O)CCCNC(=O)c1c(C)nc2c(C)cccn12. The van der Waals surface area contributed by atoms with E-state index in [0.29, 0.717) is 30.8 Å². The first kappa shape index (κ1) is 19.0. The molecule has 0 fully saturated rings. The quantitative estimate of drug-likeness (QED) is 0.687. The summed E-state index contributed by atoms with van der Waals surface area (Å²) >= 11 is 0. The molecule has 2 aromatic rings. The van der Waals surface area contributed by atoms with E-state index in [0.717, 1.165) is 37.0 Å². The van der Waals surface area contributed by atoms with Gasteiger partial charge in [0.25, 0.3) is 5.91 Å². The van der Waals surface area contributed by atoms with E-state index in [-0.39, 0.29) is 11.8 Å². The Hall–Kier alpha value is -2.37. The lowest BCUT2D eigenvalue weighted by molar-refractivity contribution is -0.121. The molecule has 6 heteroatoms. The van der Waals surface area contributed by atoms with Gasteiger partial charge in [-0.15, -0.1) is 0 Å². The van der Waals surface area contributed by atoms with Gasteiger partial charge < -0.3 is 10.6 Å². The number of amides is 2. The summed E-state index contributed by atoms with van der Waals surface area (Å²) in [6, 6.07) is 3.88. The summed E-state index contributed by atoms with van der Waals surface area (Å²) in [6.45, 7) is 7.16. The summed E-state index contributed by atoms with van der Waals surface area (Å²) in [6.07, 6.45) is 6.20. The second kappa shape index (κ2) is 9.20. The molecule has 0 radical (unpaired) electrons. The molecule has 2 amide bonds. The van der Waals surface area contributed by atoms with Gasteiger partial charge in [-0.25, -0.2) is 4.98 Å². The maximum Gasteiger partial charge on any atom is 0.270 e. The topological polar surface area (TPSA) is 75.5 Å². The molecule has 2 rings (SSSR count). The highest BCUT2D eigenvalue weighted by molar-refractivity contribution is 5.94. The van der Waals surface area contributed by atoms with Crippen molar-refractivity contribution < 1.29 is 9.59 Å². The smallest absolute Gasteiger partial charge is 0.270 e. The van der Waals surface area contributed by atoms with Gasteiger partial charge in [-0.2, -0.15) is 0 Å². The van der Waals surface area contributed by atoms with E-state index in [1.165, 1.54) is 0 Å². The molecule has 0 saturated heterocycles. The van der Waals surface area contributed by atoms with Crippen LogP contribution in [-0.2, 0) is 4.79 Å². The van der Waals surface area contributed by atoms with Crippen LogP contribution in [0.1, 0.15) is 60.8 Å². The first-order valence-electron chi connectivity index (χ1n) is 9.03. The van der Waals surface area contributed by atoms with Crippen LogP contribution in [0.3, 0.4) is 0 Å². The molecule has 0 aromatic carbocycles. The molecule has 0 bridgehead atoms. The lowest BCUT2D eigenvalue weighted by Crippen LogP contribution is -2.29. The number of carbonyl (C=O) groups is 2. The first-order chi connectivity index (χ1) is 12.0. The number of carbonyl (C=O) groups excluding carboxylic acids is 2. The Kier molecular flexibility index (Phi) is 6.98. The molecule has 2 N–H and O–H groups in total. The third-order valence-electron chi connectivity index (χ3n) is 4.20. The largest absolute Gasteiger partial charge is 0.356 e. The van der Waals surface area contributed by atoms with E-state index in [1.807, 2.05) is 36.6 Å². The number of aryl methyl sites for hydroxylation is 2. The number of rotatable bonds is 9. The zero-order valence-electron chi connectivity index (χ0n) is 15.4. The van der Waals surface area contributed by atoms with Crippen molar-refractivity contribution in [1.82, 2.24) is 20.0 Å². The lowest BCUT2D eigenvalue weighted by atomic mass is 10.2. The van der Waals surface area contributed by atoms with Crippen molar-refractivity contribution >= 4 is 17.5 Å². The van der Waals surface area contributed by atoms with Crippen LogP contribution in [0, 0.1) is 13.8 Å². The first-order valence-corrected chi connectivity index (χ1v) is 9.03. The maximum absolute atomic E-state index is 12.5. The van der Waals surface area contributed by atoms with Gasteiger partial charge >= 0.3 is 0 Å². The van der Waals surface area contributed by atoms with Crippen LogP contribution < -0.4 is 10.6 Å². The average molecular weight is 344 g/mol. The van der Waals surface area contributed by atoms with Gasteiger partial charge in [-0.05, 0) is 38.3 Å². The normalized spacial score (nSPS) is 10.8. The van der Waals surface area contributed by atoms with Crippen molar-refractivity contribution in [1.29, 1.82) is 0 Å². The zero-order chi connectivity index (χ0) is 18.2. The monoisotopic (exact) mass is 344 g/mol. The molecule has 0 spiro atoms. The van der Waals surface area contributed by atoms with Gasteiger partial charge in [0.1, 0.15) is 11.3 Å². The Bertz CT molecular complexity index is 736. The number of hydrogen-bond acceptors (Lipinski definition) is 3. The number of fused-ring (bicyclic) bond motifs is 1. The molecule has 2 aromatic heterocycles. The third-order valence-corrected chi connectivity index (χ3v) is 4.20. The number of unbranched alkanes of at least 4 members (excludes halogenated alkanes) is 2. The van der Waals surface area contributed by atoms with E-state index in [9.17, 15) is 9.59 Å². The minimum Gasteiger partial charge on any atom is -0.356 e. The molecule has 0 saturated carbocycles. The van der Waals surface area contributed by atoms with Crippen LogP contribution in [-0.4, -0.2) is 34.3 Å². The van der Waals surface area contributed by atoms with Crippen LogP contribution in [0.25, 0.3) is 5.65 Å². The van der Waals surface area contributed by atoms with Crippen LogP contribution in [0.15, 0.2) is 18.3 Å². The Labute approximate surface area is 149 Å². The minimum atomic E-state index is -0.154. The van der Waals surface area contributed by atoms with Crippen molar-refractivity contribution in [3.05, 3.63) is 35.3 Å². The van der Waals surface area contributed by atoms with Crippen LogP contribution in [0.4, 0.5) is 0 Å². The van der Waals surface area contributed by atoms with E-state index < -0.39 is 0 Å². The number of hydrogen-bond donors (Lipinski definition) is 2. The summed E-state index contributed by atoms with van der Waals surface area (Å²) in [5.41, 5.74) is 3.10. The predicted octanol–water partition coefficient (Wildman–Crippen LogP) is 2.77. The molecule has 6 nitrogen and oxygen atoms in total. The third kappa shape index (κ3) is 5.05. The predicted molar refractivity (Wildman–Crippen MR) is 98.8 cm³/mol. The van der Waals surface area contributed by atoms with Gasteiger partial charge in [-0.3, -0.25) is 14.0 Å². The van der Waals surface area contributed by atoms with Crippen molar-refractivity contribution in [3.63, 3.8) is 0 Å². The minimum absolute atomic E-state index is 0.0481. The summed E-state index contributed by atoms with van der Waals surface area (Å²) < 4.78 is 1.82. The van der Waals surface area contributed by atoms with Crippen molar-refractivity contribution in [2.24, 2.45) is 0 Å². The summed E-state index contributed by atoms with van der Waals surface area (Å²) in [4.78, 5) is 28.7. The number of imidazole rings is 1. The lowest BCUT2D eigenvalue weighted by Gasteiger charge is -2.07. The molecule has 136 valence electrons. The van der Waals surface area contributed by atoms with E-state index in [4.69, 9.17) is 0 Å². The highest BCUT2D eigenvalue weighted by Crippen LogP contribution is 2.15. The van der Waals surface area contributed by atoms with Crippen LogP contribution in [0.5, 0.6) is 0 Å². The molecule has 0 unspecified atom stereocenters.